The summed E-state index contributed by atoms with van der Waals surface area (Å²) in [6.07, 6.45) is 3.33. The molecule has 2 aromatic rings. The lowest BCUT2D eigenvalue weighted by Crippen LogP contribution is -2.46. The third-order valence-corrected chi connectivity index (χ3v) is 6.69. The molecule has 6 nitrogen and oxygen atoms in total. The zero-order valence-corrected chi connectivity index (χ0v) is 19.3. The summed E-state index contributed by atoms with van der Waals surface area (Å²) in [6.45, 7) is 7.00. The lowest BCUT2D eigenvalue weighted by Gasteiger charge is -2.36. The number of benzene rings is 1. The number of amides is 1. The van der Waals surface area contributed by atoms with Gasteiger partial charge in [-0.15, -0.1) is 0 Å². The fourth-order valence-electron chi connectivity index (χ4n) is 4.10. The van der Waals surface area contributed by atoms with Crippen molar-refractivity contribution in [3.05, 3.63) is 45.9 Å². The number of anilines is 2. The number of pyridine rings is 1. The van der Waals surface area contributed by atoms with Gasteiger partial charge in [0.25, 0.3) is 0 Å². The van der Waals surface area contributed by atoms with Crippen LogP contribution < -0.4 is 15.0 Å². The van der Waals surface area contributed by atoms with Crippen molar-refractivity contribution >= 4 is 40.6 Å². The summed E-state index contributed by atoms with van der Waals surface area (Å²) in [7, 11) is 0. The molecule has 1 aromatic carbocycles. The van der Waals surface area contributed by atoms with E-state index < -0.39 is 0 Å². The van der Waals surface area contributed by atoms with Crippen LogP contribution in [0.15, 0.2) is 30.3 Å². The number of hydrogen-bond acceptors (Lipinski definition) is 5. The number of carbonyl (C=O) groups excluding carboxylic acids is 1. The third kappa shape index (κ3) is 5.62. The van der Waals surface area contributed by atoms with Crippen molar-refractivity contribution in [2.45, 2.75) is 38.7 Å². The molecule has 1 aromatic heterocycles. The molecule has 1 fully saturated rings. The molecule has 4 rings (SSSR count). The van der Waals surface area contributed by atoms with E-state index >= 15 is 0 Å². The van der Waals surface area contributed by atoms with E-state index in [1.54, 1.807) is 0 Å². The maximum absolute atomic E-state index is 11.6. The second kappa shape index (κ2) is 10.1. The van der Waals surface area contributed by atoms with Crippen LogP contribution in [0.5, 0.6) is 5.88 Å². The molecule has 2 aliphatic rings. The minimum Gasteiger partial charge on any atom is -0.475 e. The predicted molar refractivity (Wildman–Crippen MR) is 126 cm³/mol. The smallest absolute Gasteiger partial charge is 0.225 e. The largest absolute Gasteiger partial charge is 0.475 e. The van der Waals surface area contributed by atoms with Crippen LogP contribution in [0.3, 0.4) is 0 Å². The number of carbonyl (C=O) groups is 1. The second-order valence-corrected chi connectivity index (χ2v) is 8.96. The van der Waals surface area contributed by atoms with Crippen molar-refractivity contribution in [3.63, 3.8) is 0 Å². The van der Waals surface area contributed by atoms with Gasteiger partial charge >= 0.3 is 0 Å². The van der Waals surface area contributed by atoms with E-state index in [2.05, 4.69) is 27.0 Å². The van der Waals surface area contributed by atoms with Gasteiger partial charge in [0, 0.05) is 38.7 Å². The second-order valence-electron chi connectivity index (χ2n) is 8.18. The Bertz CT molecular complexity index is 932. The maximum Gasteiger partial charge on any atom is 0.225 e. The Labute approximate surface area is 193 Å². The van der Waals surface area contributed by atoms with Crippen LogP contribution in [0.25, 0.3) is 0 Å². The Kier molecular flexibility index (Phi) is 7.20. The average molecular weight is 463 g/mol. The number of fused-ring (bicyclic) bond motifs is 1. The molecule has 166 valence electrons. The Morgan fingerprint density at radius 1 is 1.13 bits per heavy atom. The van der Waals surface area contributed by atoms with Gasteiger partial charge < -0.3 is 15.0 Å². The summed E-state index contributed by atoms with van der Waals surface area (Å²) in [6, 6.07) is 9.69. The predicted octanol–water partition coefficient (Wildman–Crippen LogP) is 4.64. The van der Waals surface area contributed by atoms with Gasteiger partial charge in [-0.1, -0.05) is 29.3 Å². The first-order chi connectivity index (χ1) is 15.0. The molecule has 0 radical (unpaired) electrons. The lowest BCUT2D eigenvalue weighted by atomic mass is 10.1. The van der Waals surface area contributed by atoms with E-state index in [1.807, 2.05) is 30.3 Å². The molecular weight excluding hydrogens is 435 g/mol. The molecule has 1 unspecified atom stereocenters. The first-order valence-electron chi connectivity index (χ1n) is 10.9. The van der Waals surface area contributed by atoms with Crippen molar-refractivity contribution in [1.82, 2.24) is 9.88 Å². The highest BCUT2D eigenvalue weighted by molar-refractivity contribution is 6.43. The molecule has 0 bridgehead atoms. The molecule has 1 amide bonds. The summed E-state index contributed by atoms with van der Waals surface area (Å²) < 4.78 is 5.99. The maximum atomic E-state index is 11.6. The topological polar surface area (TPSA) is 57.7 Å². The van der Waals surface area contributed by atoms with E-state index in [1.165, 1.54) is 0 Å². The number of piperazine rings is 1. The number of hydrogen-bond donors (Lipinski definition) is 1. The SMILES string of the molecule is CC(CCCN1CCN(c2cccc(Cl)c2Cl)CC1)Oc1ccc2c(n1)NC(=O)CC2. The van der Waals surface area contributed by atoms with Crippen LogP contribution in [0.4, 0.5) is 11.5 Å². The zero-order valence-electron chi connectivity index (χ0n) is 17.7. The lowest BCUT2D eigenvalue weighted by molar-refractivity contribution is -0.116. The number of rotatable bonds is 7. The molecule has 0 saturated carbocycles. The molecule has 31 heavy (non-hydrogen) atoms. The molecule has 1 saturated heterocycles. The first kappa shape index (κ1) is 22.2. The fraction of sp³-hybridized carbons (Fsp3) is 0.478. The van der Waals surface area contributed by atoms with Gasteiger partial charge in [-0.05, 0) is 56.5 Å². The van der Waals surface area contributed by atoms with Gasteiger partial charge in [-0.25, -0.2) is 0 Å². The minimum atomic E-state index is 0.0166. The van der Waals surface area contributed by atoms with Crippen LogP contribution in [0.2, 0.25) is 10.0 Å². The number of nitrogens with one attached hydrogen (secondary N) is 1. The Morgan fingerprint density at radius 2 is 1.94 bits per heavy atom. The standard InChI is InChI=1S/C23H28Cl2N4O2/c1-16(31-21-10-8-17-7-9-20(30)26-23(17)27-21)4-3-11-28-12-14-29(15-13-28)19-6-2-5-18(24)22(19)25/h2,5-6,8,10,16H,3-4,7,9,11-15H2,1H3,(H,26,27,30). The van der Waals surface area contributed by atoms with Crippen molar-refractivity contribution < 1.29 is 9.53 Å². The number of halogens is 2. The summed E-state index contributed by atoms with van der Waals surface area (Å²) >= 11 is 12.5. The molecule has 3 heterocycles. The van der Waals surface area contributed by atoms with E-state index in [9.17, 15) is 4.79 Å². The molecule has 8 heteroatoms. The van der Waals surface area contributed by atoms with Gasteiger partial charge in [0.15, 0.2) is 0 Å². The van der Waals surface area contributed by atoms with Crippen LogP contribution in [0.1, 0.15) is 31.7 Å². The van der Waals surface area contributed by atoms with Crippen LogP contribution >= 0.6 is 23.2 Å². The number of aromatic nitrogens is 1. The van der Waals surface area contributed by atoms with Gasteiger partial charge in [0.1, 0.15) is 5.82 Å². The van der Waals surface area contributed by atoms with Gasteiger partial charge in [0.2, 0.25) is 11.8 Å². The Hall–Kier alpha value is -2.02. The summed E-state index contributed by atoms with van der Waals surface area (Å²) in [5.41, 5.74) is 2.09. The van der Waals surface area contributed by atoms with Crippen LogP contribution in [-0.4, -0.2) is 54.6 Å². The van der Waals surface area contributed by atoms with Gasteiger partial charge in [0.05, 0.1) is 21.8 Å². The van der Waals surface area contributed by atoms with E-state index in [-0.39, 0.29) is 12.0 Å². The molecule has 0 spiro atoms. The van der Waals surface area contributed by atoms with Crippen molar-refractivity contribution in [1.29, 1.82) is 0 Å². The van der Waals surface area contributed by atoms with Gasteiger partial charge in [-0.2, -0.15) is 4.98 Å². The number of nitrogens with zero attached hydrogens (tertiary/aromatic N) is 3. The summed E-state index contributed by atoms with van der Waals surface area (Å²) in [5.74, 6) is 1.22. The molecule has 0 aliphatic carbocycles. The minimum absolute atomic E-state index is 0.0166. The highest BCUT2D eigenvalue weighted by Gasteiger charge is 2.20. The van der Waals surface area contributed by atoms with E-state index in [4.69, 9.17) is 27.9 Å². The van der Waals surface area contributed by atoms with E-state index in [0.29, 0.717) is 28.2 Å². The number of ether oxygens (including phenoxy) is 1. The Morgan fingerprint density at radius 3 is 2.74 bits per heavy atom. The zero-order chi connectivity index (χ0) is 21.8. The van der Waals surface area contributed by atoms with Crippen LogP contribution in [0, 0.1) is 0 Å². The highest BCUT2D eigenvalue weighted by Crippen LogP contribution is 2.33. The molecule has 2 aliphatic heterocycles. The Balaban J connectivity index is 1.19. The first-order valence-corrected chi connectivity index (χ1v) is 11.6. The molecule has 1 N–H and O–H groups in total. The van der Waals surface area contributed by atoms with Crippen molar-refractivity contribution in [2.24, 2.45) is 0 Å². The van der Waals surface area contributed by atoms with Crippen molar-refractivity contribution in [3.8, 4) is 5.88 Å². The van der Waals surface area contributed by atoms with E-state index in [0.717, 1.165) is 63.2 Å². The molecule has 1 atom stereocenters. The quantitative estimate of drug-likeness (QED) is 0.648. The number of aryl methyl sites for hydroxylation is 1. The average Bonchev–Trinajstić information content (AvgIpc) is 2.76. The summed E-state index contributed by atoms with van der Waals surface area (Å²) in [5, 5.41) is 4.07. The van der Waals surface area contributed by atoms with Gasteiger partial charge in [-0.3, -0.25) is 9.69 Å². The molecular formula is C23H28Cl2N4O2. The third-order valence-electron chi connectivity index (χ3n) is 5.88. The monoisotopic (exact) mass is 462 g/mol. The summed E-state index contributed by atoms with van der Waals surface area (Å²) in [4.78, 5) is 20.8. The normalized spacial score (nSPS) is 17.8. The highest BCUT2D eigenvalue weighted by atomic mass is 35.5. The van der Waals surface area contributed by atoms with Crippen LogP contribution in [-0.2, 0) is 11.2 Å². The fourth-order valence-corrected chi connectivity index (χ4v) is 4.52. The van der Waals surface area contributed by atoms with Crippen molar-refractivity contribution in [2.75, 3.05) is 42.9 Å².